The molecule has 0 aliphatic carbocycles. The third kappa shape index (κ3) is 3.64. The fraction of sp³-hybridized carbons (Fsp3) is 0.611. The Morgan fingerprint density at radius 3 is 2.29 bits per heavy atom. The van der Waals surface area contributed by atoms with Crippen molar-refractivity contribution in [1.82, 2.24) is 9.80 Å². The number of likely N-dealkylation sites (N-methyl/N-ethyl adjacent to an activating group) is 1. The van der Waals surface area contributed by atoms with Gasteiger partial charge in [0.2, 0.25) is 0 Å². The Labute approximate surface area is 129 Å². The molecule has 0 aromatic heterocycles. The zero-order chi connectivity index (χ0) is 15.4. The van der Waals surface area contributed by atoms with E-state index in [1.165, 1.54) is 5.56 Å². The van der Waals surface area contributed by atoms with E-state index in [2.05, 4.69) is 67.8 Å². The minimum Gasteiger partial charge on any atom is -0.301 e. The maximum atomic E-state index is 9.65. The highest BCUT2D eigenvalue weighted by atomic mass is 15.3. The number of rotatable bonds is 4. The Morgan fingerprint density at radius 1 is 1.19 bits per heavy atom. The van der Waals surface area contributed by atoms with Crippen LogP contribution < -0.4 is 0 Å². The molecule has 3 nitrogen and oxygen atoms in total. The van der Waals surface area contributed by atoms with Crippen LogP contribution in [0.3, 0.4) is 0 Å². The molecule has 2 rings (SSSR count). The summed E-state index contributed by atoms with van der Waals surface area (Å²) in [6.07, 6.45) is 0. The molecular formula is C18H27N3. The van der Waals surface area contributed by atoms with Gasteiger partial charge in [-0.3, -0.25) is 4.90 Å². The molecule has 1 aromatic carbocycles. The number of benzene rings is 1. The normalized spacial score (nSPS) is 22.2. The summed E-state index contributed by atoms with van der Waals surface area (Å²) in [6, 6.07) is 11.4. The second kappa shape index (κ2) is 7.06. The SMILES string of the molecule is CCN1CCN(C(C#N)c2ccc(C(C)C)cc2)C(C)C1. The fourth-order valence-corrected chi connectivity index (χ4v) is 3.12. The van der Waals surface area contributed by atoms with Crippen LogP contribution in [0.1, 0.15) is 50.8 Å². The lowest BCUT2D eigenvalue weighted by atomic mass is 9.97. The Morgan fingerprint density at radius 2 is 1.81 bits per heavy atom. The van der Waals surface area contributed by atoms with E-state index >= 15 is 0 Å². The Balaban J connectivity index is 2.14. The van der Waals surface area contributed by atoms with Gasteiger partial charge in [0.25, 0.3) is 0 Å². The highest BCUT2D eigenvalue weighted by Crippen LogP contribution is 2.26. The van der Waals surface area contributed by atoms with Crippen molar-refractivity contribution in [3.8, 4) is 6.07 Å². The molecule has 0 spiro atoms. The summed E-state index contributed by atoms with van der Waals surface area (Å²) in [5.74, 6) is 0.534. The smallest absolute Gasteiger partial charge is 0.124 e. The third-order valence-electron chi connectivity index (χ3n) is 4.58. The van der Waals surface area contributed by atoms with Crippen molar-refractivity contribution < 1.29 is 0 Å². The van der Waals surface area contributed by atoms with Gasteiger partial charge in [-0.25, -0.2) is 0 Å². The number of nitriles is 1. The van der Waals surface area contributed by atoms with E-state index in [9.17, 15) is 5.26 Å². The molecule has 0 N–H and O–H groups in total. The highest BCUT2D eigenvalue weighted by molar-refractivity contribution is 5.30. The molecule has 1 fully saturated rings. The second-order valence-electron chi connectivity index (χ2n) is 6.33. The predicted octanol–water partition coefficient (Wildman–Crippen LogP) is 3.40. The summed E-state index contributed by atoms with van der Waals surface area (Å²) >= 11 is 0. The van der Waals surface area contributed by atoms with Crippen LogP contribution in [0, 0.1) is 11.3 Å². The summed E-state index contributed by atoms with van der Waals surface area (Å²) in [7, 11) is 0. The van der Waals surface area contributed by atoms with Crippen molar-refractivity contribution in [1.29, 1.82) is 5.26 Å². The van der Waals surface area contributed by atoms with Crippen molar-refractivity contribution in [3.63, 3.8) is 0 Å². The predicted molar refractivity (Wildman–Crippen MR) is 87.2 cm³/mol. The van der Waals surface area contributed by atoms with Crippen molar-refractivity contribution in [3.05, 3.63) is 35.4 Å². The summed E-state index contributed by atoms with van der Waals surface area (Å²) < 4.78 is 0. The number of nitrogens with zero attached hydrogens (tertiary/aromatic N) is 3. The summed E-state index contributed by atoms with van der Waals surface area (Å²) in [5, 5.41) is 9.65. The van der Waals surface area contributed by atoms with Crippen LogP contribution in [0.15, 0.2) is 24.3 Å². The molecule has 1 aliphatic heterocycles. The zero-order valence-electron chi connectivity index (χ0n) is 13.7. The minimum absolute atomic E-state index is 0.125. The molecule has 2 unspecified atom stereocenters. The molecule has 3 heteroatoms. The first-order valence-electron chi connectivity index (χ1n) is 8.04. The van der Waals surface area contributed by atoms with Gasteiger partial charge in [0.05, 0.1) is 6.07 Å². The van der Waals surface area contributed by atoms with E-state index in [-0.39, 0.29) is 6.04 Å². The minimum atomic E-state index is -0.125. The van der Waals surface area contributed by atoms with Crippen LogP contribution >= 0.6 is 0 Å². The Hall–Kier alpha value is -1.37. The van der Waals surface area contributed by atoms with E-state index < -0.39 is 0 Å². The van der Waals surface area contributed by atoms with Gasteiger partial charge in [0, 0.05) is 25.7 Å². The molecule has 0 saturated carbocycles. The van der Waals surface area contributed by atoms with Crippen molar-refractivity contribution in [2.75, 3.05) is 26.2 Å². The standard InChI is InChI=1S/C18H27N3/c1-5-20-10-11-21(15(4)13-20)18(12-19)17-8-6-16(7-9-17)14(2)3/h6-9,14-15,18H,5,10-11,13H2,1-4H3. The molecule has 114 valence electrons. The average molecular weight is 285 g/mol. The molecule has 1 saturated heterocycles. The zero-order valence-corrected chi connectivity index (χ0v) is 13.7. The third-order valence-corrected chi connectivity index (χ3v) is 4.58. The van der Waals surface area contributed by atoms with Gasteiger partial charge in [-0.05, 0) is 30.5 Å². The molecule has 1 aliphatic rings. The van der Waals surface area contributed by atoms with Gasteiger partial charge >= 0.3 is 0 Å². The largest absolute Gasteiger partial charge is 0.301 e. The molecule has 1 aromatic rings. The molecule has 0 radical (unpaired) electrons. The first-order chi connectivity index (χ1) is 10.1. The lowest BCUT2D eigenvalue weighted by Crippen LogP contribution is -2.52. The molecular weight excluding hydrogens is 258 g/mol. The van der Waals surface area contributed by atoms with E-state index in [1.54, 1.807) is 0 Å². The van der Waals surface area contributed by atoms with Gasteiger partial charge in [-0.1, -0.05) is 45.0 Å². The van der Waals surface area contributed by atoms with E-state index in [4.69, 9.17) is 0 Å². The molecule has 0 bridgehead atoms. The maximum absolute atomic E-state index is 9.65. The van der Waals surface area contributed by atoms with Crippen LogP contribution in [0.5, 0.6) is 0 Å². The summed E-state index contributed by atoms with van der Waals surface area (Å²) in [5.41, 5.74) is 2.46. The maximum Gasteiger partial charge on any atom is 0.124 e. The van der Waals surface area contributed by atoms with Crippen molar-refractivity contribution >= 4 is 0 Å². The molecule has 21 heavy (non-hydrogen) atoms. The number of piperazine rings is 1. The lowest BCUT2D eigenvalue weighted by molar-refractivity contribution is 0.0683. The first kappa shape index (κ1) is 16.0. The Kier molecular flexibility index (Phi) is 5.39. The summed E-state index contributed by atoms with van der Waals surface area (Å²) in [6.45, 7) is 13.0. The van der Waals surface area contributed by atoms with Crippen LogP contribution in [0.2, 0.25) is 0 Å². The number of hydrogen-bond acceptors (Lipinski definition) is 3. The van der Waals surface area contributed by atoms with Crippen LogP contribution in [0.25, 0.3) is 0 Å². The lowest BCUT2D eigenvalue weighted by Gasteiger charge is -2.41. The van der Waals surface area contributed by atoms with Gasteiger partial charge in [-0.15, -0.1) is 0 Å². The first-order valence-corrected chi connectivity index (χ1v) is 8.04. The molecule has 1 heterocycles. The quantitative estimate of drug-likeness (QED) is 0.849. The van der Waals surface area contributed by atoms with Crippen LogP contribution in [0.4, 0.5) is 0 Å². The summed E-state index contributed by atoms with van der Waals surface area (Å²) in [4.78, 5) is 4.80. The fourth-order valence-electron chi connectivity index (χ4n) is 3.12. The number of hydrogen-bond donors (Lipinski definition) is 0. The second-order valence-corrected chi connectivity index (χ2v) is 6.33. The van der Waals surface area contributed by atoms with Crippen molar-refractivity contribution in [2.45, 2.75) is 45.7 Å². The van der Waals surface area contributed by atoms with E-state index in [1.807, 2.05) is 0 Å². The average Bonchev–Trinajstić information content (AvgIpc) is 2.50. The van der Waals surface area contributed by atoms with Gasteiger partial charge in [-0.2, -0.15) is 5.26 Å². The topological polar surface area (TPSA) is 30.3 Å². The monoisotopic (exact) mass is 285 g/mol. The Bertz CT molecular complexity index is 486. The molecule has 2 atom stereocenters. The van der Waals surface area contributed by atoms with Gasteiger partial charge in [0.15, 0.2) is 0 Å². The van der Waals surface area contributed by atoms with Gasteiger partial charge < -0.3 is 4.90 Å². The van der Waals surface area contributed by atoms with Crippen molar-refractivity contribution in [2.24, 2.45) is 0 Å². The van der Waals surface area contributed by atoms with Gasteiger partial charge in [0.1, 0.15) is 6.04 Å². The van der Waals surface area contributed by atoms with E-state index in [0.29, 0.717) is 12.0 Å². The van der Waals surface area contributed by atoms with Crippen LogP contribution in [-0.2, 0) is 0 Å². The van der Waals surface area contributed by atoms with E-state index in [0.717, 1.165) is 31.7 Å². The molecule has 0 amide bonds. The highest BCUT2D eigenvalue weighted by Gasteiger charge is 2.29. The van der Waals surface area contributed by atoms with Crippen LogP contribution in [-0.4, -0.2) is 42.0 Å².